The van der Waals surface area contributed by atoms with Crippen LogP contribution in [-0.4, -0.2) is 20.7 Å². The van der Waals surface area contributed by atoms with Gasteiger partial charge >= 0.3 is 0 Å². The lowest BCUT2D eigenvalue weighted by Gasteiger charge is -2.22. The van der Waals surface area contributed by atoms with E-state index < -0.39 is 5.92 Å². The molecular weight excluding hydrogens is 166 g/mol. The Morgan fingerprint density at radius 1 is 1.42 bits per heavy atom. The third-order valence-corrected chi connectivity index (χ3v) is 1.96. The second-order valence-corrected chi connectivity index (χ2v) is 2.92. The second-order valence-electron chi connectivity index (χ2n) is 2.92. The molecule has 0 saturated heterocycles. The van der Waals surface area contributed by atoms with Crippen molar-refractivity contribution >= 4 is 5.95 Å². The molecule has 0 atom stereocenters. The monoisotopic (exact) mass is 174 g/mol. The Balaban J connectivity index is 2.38. The third-order valence-electron chi connectivity index (χ3n) is 1.96. The van der Waals surface area contributed by atoms with E-state index in [0.717, 1.165) is 0 Å². The first-order valence-corrected chi connectivity index (χ1v) is 3.64. The van der Waals surface area contributed by atoms with E-state index in [2.05, 4.69) is 10.2 Å². The van der Waals surface area contributed by atoms with Crippen LogP contribution in [0.25, 0.3) is 0 Å². The fraction of sp³-hybridized carbons (Fsp3) is 0.667. The SMILES string of the molecule is Nc1nnc2n1CC(F)(F)CC2. The highest BCUT2D eigenvalue weighted by atomic mass is 19.3. The van der Waals surface area contributed by atoms with Gasteiger partial charge in [-0.05, 0) is 0 Å². The fourth-order valence-corrected chi connectivity index (χ4v) is 1.31. The van der Waals surface area contributed by atoms with E-state index in [9.17, 15) is 8.78 Å². The van der Waals surface area contributed by atoms with Crippen LogP contribution in [0.1, 0.15) is 12.2 Å². The number of aromatic nitrogens is 3. The predicted molar refractivity (Wildman–Crippen MR) is 37.7 cm³/mol. The molecule has 0 fully saturated rings. The molecule has 2 N–H and O–H groups in total. The Labute approximate surface area is 67.4 Å². The molecule has 0 bridgehead atoms. The van der Waals surface area contributed by atoms with Gasteiger partial charge in [-0.2, -0.15) is 0 Å². The lowest BCUT2D eigenvalue weighted by Crippen LogP contribution is -2.31. The molecule has 2 heterocycles. The summed E-state index contributed by atoms with van der Waals surface area (Å²) in [5, 5.41) is 7.20. The van der Waals surface area contributed by atoms with Gasteiger partial charge in [0.05, 0.1) is 6.54 Å². The molecule has 0 amide bonds. The quantitative estimate of drug-likeness (QED) is 0.621. The summed E-state index contributed by atoms with van der Waals surface area (Å²) in [6.45, 7) is -0.388. The minimum atomic E-state index is -2.66. The van der Waals surface area contributed by atoms with Crippen LogP contribution in [0.2, 0.25) is 0 Å². The van der Waals surface area contributed by atoms with Gasteiger partial charge in [0.1, 0.15) is 5.82 Å². The summed E-state index contributed by atoms with van der Waals surface area (Å²) in [4.78, 5) is 0. The number of halogens is 2. The van der Waals surface area contributed by atoms with Crippen molar-refractivity contribution in [3.8, 4) is 0 Å². The zero-order valence-electron chi connectivity index (χ0n) is 6.30. The first kappa shape index (κ1) is 7.45. The molecule has 1 aliphatic rings. The summed E-state index contributed by atoms with van der Waals surface area (Å²) < 4.78 is 26.9. The summed E-state index contributed by atoms with van der Waals surface area (Å²) in [5.41, 5.74) is 5.34. The van der Waals surface area contributed by atoms with Gasteiger partial charge in [0.2, 0.25) is 5.95 Å². The fourth-order valence-electron chi connectivity index (χ4n) is 1.31. The molecule has 2 rings (SSSR count). The Kier molecular flexibility index (Phi) is 1.33. The average Bonchev–Trinajstić information content (AvgIpc) is 2.31. The zero-order chi connectivity index (χ0) is 8.77. The van der Waals surface area contributed by atoms with E-state index in [-0.39, 0.29) is 25.3 Å². The lowest BCUT2D eigenvalue weighted by atomic mass is 10.1. The zero-order valence-corrected chi connectivity index (χ0v) is 6.30. The normalized spacial score (nSPS) is 20.5. The Bertz CT molecular complexity index is 306. The largest absolute Gasteiger partial charge is 0.368 e. The molecule has 4 nitrogen and oxygen atoms in total. The Morgan fingerprint density at radius 3 is 2.92 bits per heavy atom. The van der Waals surface area contributed by atoms with Crippen molar-refractivity contribution in [2.24, 2.45) is 0 Å². The summed E-state index contributed by atoms with van der Waals surface area (Å²) >= 11 is 0. The molecule has 1 aromatic heterocycles. The molecule has 0 aromatic carbocycles. The molecule has 0 radical (unpaired) electrons. The summed E-state index contributed by atoms with van der Waals surface area (Å²) in [5.74, 6) is -2.04. The van der Waals surface area contributed by atoms with E-state index in [1.54, 1.807) is 0 Å². The van der Waals surface area contributed by atoms with Gasteiger partial charge in [-0.1, -0.05) is 0 Å². The Hall–Kier alpha value is -1.20. The summed E-state index contributed by atoms with van der Waals surface area (Å²) in [7, 11) is 0. The molecule has 0 spiro atoms. The highest BCUT2D eigenvalue weighted by Crippen LogP contribution is 2.28. The van der Waals surface area contributed by atoms with Crippen LogP contribution in [0, 0.1) is 0 Å². The molecule has 12 heavy (non-hydrogen) atoms. The molecular formula is C6H8F2N4. The number of anilines is 1. The van der Waals surface area contributed by atoms with Crippen molar-refractivity contribution in [1.82, 2.24) is 14.8 Å². The van der Waals surface area contributed by atoms with Crippen LogP contribution < -0.4 is 5.73 Å². The molecule has 0 aliphatic carbocycles. The van der Waals surface area contributed by atoms with Gasteiger partial charge in [-0.25, -0.2) is 8.78 Å². The molecule has 1 aromatic rings. The number of hydrogen-bond donors (Lipinski definition) is 1. The van der Waals surface area contributed by atoms with Gasteiger partial charge in [-0.3, -0.25) is 4.57 Å². The van der Waals surface area contributed by atoms with E-state index >= 15 is 0 Å². The molecule has 0 saturated carbocycles. The number of fused-ring (bicyclic) bond motifs is 1. The first-order valence-electron chi connectivity index (χ1n) is 3.64. The number of rotatable bonds is 0. The smallest absolute Gasteiger partial charge is 0.266 e. The number of nitrogens with two attached hydrogens (primary N) is 1. The van der Waals surface area contributed by atoms with Gasteiger partial charge < -0.3 is 5.73 Å². The number of aryl methyl sites for hydroxylation is 1. The van der Waals surface area contributed by atoms with E-state index in [1.165, 1.54) is 4.57 Å². The van der Waals surface area contributed by atoms with Gasteiger partial charge in [-0.15, -0.1) is 10.2 Å². The molecule has 66 valence electrons. The van der Waals surface area contributed by atoms with E-state index in [0.29, 0.717) is 5.82 Å². The van der Waals surface area contributed by atoms with Crippen molar-refractivity contribution in [3.05, 3.63) is 5.82 Å². The minimum absolute atomic E-state index is 0.0735. The number of nitrogens with zero attached hydrogens (tertiary/aromatic N) is 3. The molecule has 6 heteroatoms. The van der Waals surface area contributed by atoms with Gasteiger partial charge in [0.25, 0.3) is 5.92 Å². The van der Waals surface area contributed by atoms with Crippen molar-refractivity contribution in [1.29, 1.82) is 0 Å². The third kappa shape index (κ3) is 1.03. The second kappa shape index (κ2) is 2.15. The maximum absolute atomic E-state index is 12.8. The topological polar surface area (TPSA) is 56.7 Å². The van der Waals surface area contributed by atoms with Crippen molar-refractivity contribution in [3.63, 3.8) is 0 Å². The van der Waals surface area contributed by atoms with Crippen LogP contribution in [0.15, 0.2) is 0 Å². The maximum Gasteiger partial charge on any atom is 0.266 e. The van der Waals surface area contributed by atoms with Crippen LogP contribution in [0.4, 0.5) is 14.7 Å². The van der Waals surface area contributed by atoms with Crippen LogP contribution in [0.5, 0.6) is 0 Å². The van der Waals surface area contributed by atoms with E-state index in [4.69, 9.17) is 5.73 Å². The van der Waals surface area contributed by atoms with Gasteiger partial charge in [0.15, 0.2) is 0 Å². The summed E-state index contributed by atoms with van der Waals surface area (Å²) in [6, 6.07) is 0. The first-order chi connectivity index (χ1) is 5.58. The summed E-state index contributed by atoms with van der Waals surface area (Å²) in [6.07, 6.45) is 0.0856. The highest BCUT2D eigenvalue weighted by molar-refractivity contribution is 5.19. The lowest BCUT2D eigenvalue weighted by molar-refractivity contribution is -0.0342. The Morgan fingerprint density at radius 2 is 2.17 bits per heavy atom. The highest BCUT2D eigenvalue weighted by Gasteiger charge is 2.35. The minimum Gasteiger partial charge on any atom is -0.368 e. The number of hydrogen-bond acceptors (Lipinski definition) is 3. The van der Waals surface area contributed by atoms with Crippen molar-refractivity contribution in [2.75, 3.05) is 5.73 Å². The predicted octanol–water partition coefficient (Wildman–Crippen LogP) is 0.442. The molecule has 0 unspecified atom stereocenters. The van der Waals surface area contributed by atoms with Crippen molar-refractivity contribution < 1.29 is 8.78 Å². The van der Waals surface area contributed by atoms with E-state index in [1.807, 2.05) is 0 Å². The van der Waals surface area contributed by atoms with Crippen LogP contribution in [0.3, 0.4) is 0 Å². The average molecular weight is 174 g/mol. The maximum atomic E-state index is 12.8. The molecule has 1 aliphatic heterocycles. The van der Waals surface area contributed by atoms with Crippen LogP contribution >= 0.6 is 0 Å². The standard InChI is InChI=1S/C6H8F2N4/c7-6(8)2-1-4-10-11-5(9)12(4)3-6/h1-3H2,(H2,9,11). The number of nitrogen functional groups attached to an aromatic ring is 1. The number of alkyl halides is 2. The van der Waals surface area contributed by atoms with Gasteiger partial charge in [0, 0.05) is 12.8 Å². The van der Waals surface area contributed by atoms with Crippen LogP contribution in [-0.2, 0) is 13.0 Å². The van der Waals surface area contributed by atoms with Crippen molar-refractivity contribution in [2.45, 2.75) is 25.3 Å².